The van der Waals surface area contributed by atoms with Crippen molar-refractivity contribution in [2.24, 2.45) is 23.7 Å². The van der Waals surface area contributed by atoms with Crippen molar-refractivity contribution in [3.05, 3.63) is 53.6 Å². The maximum absolute atomic E-state index is 12.3. The smallest absolute Gasteiger partial charge is 0.379 e. The number of nitrogens with zero attached hydrogens (tertiary/aromatic N) is 2. The molecule has 16 heteroatoms. The van der Waals surface area contributed by atoms with Crippen molar-refractivity contribution in [3.63, 3.8) is 0 Å². The first-order valence-corrected chi connectivity index (χ1v) is 14.8. The van der Waals surface area contributed by atoms with Crippen molar-refractivity contribution in [1.29, 1.82) is 0 Å². The summed E-state index contributed by atoms with van der Waals surface area (Å²) in [5.74, 6) is -2.88. The van der Waals surface area contributed by atoms with Gasteiger partial charge in [0.05, 0.1) is 19.0 Å². The summed E-state index contributed by atoms with van der Waals surface area (Å²) >= 11 is -2.25. The van der Waals surface area contributed by atoms with E-state index in [1.165, 1.54) is 13.8 Å². The summed E-state index contributed by atoms with van der Waals surface area (Å²) in [5.41, 5.74) is 0.156. The van der Waals surface area contributed by atoms with Crippen LogP contribution in [0.3, 0.4) is 0 Å². The van der Waals surface area contributed by atoms with Gasteiger partial charge in [0, 0.05) is 11.1 Å². The summed E-state index contributed by atoms with van der Waals surface area (Å²) in [6, 6.07) is 6.62. The third-order valence-electron chi connectivity index (χ3n) is 6.37. The molecule has 0 aromatic heterocycles. The number of hydroxylamine groups is 4. The molecule has 2 bridgehead atoms. The number of alkyl halides is 2. The summed E-state index contributed by atoms with van der Waals surface area (Å²) < 4.78 is 68.7. The molecule has 0 radical (unpaired) electrons. The molecular formula is C25H30F2N2O10S2. The van der Waals surface area contributed by atoms with Crippen LogP contribution in [-0.4, -0.2) is 59.6 Å². The van der Waals surface area contributed by atoms with Crippen molar-refractivity contribution >= 4 is 45.1 Å². The molecule has 1 aromatic rings. The molecule has 4 aliphatic rings. The van der Waals surface area contributed by atoms with Gasteiger partial charge in [-0.2, -0.15) is 12.6 Å². The van der Waals surface area contributed by atoms with Gasteiger partial charge < -0.3 is 4.18 Å². The number of imide groups is 2. The summed E-state index contributed by atoms with van der Waals surface area (Å²) in [7, 11) is -4.02. The van der Waals surface area contributed by atoms with Gasteiger partial charge in [-0.3, -0.25) is 23.6 Å². The molecule has 2 heterocycles. The fraction of sp³-hybridized carbons (Fsp3) is 0.440. The molecule has 2 aliphatic heterocycles. The number of benzene rings is 1. The normalized spacial score (nSPS) is 24.8. The minimum absolute atomic E-state index is 0.0413. The highest BCUT2D eigenvalue weighted by atomic mass is 32.2. The molecule has 41 heavy (non-hydrogen) atoms. The van der Waals surface area contributed by atoms with E-state index in [0.717, 1.165) is 6.42 Å². The third-order valence-corrected chi connectivity index (χ3v) is 7.61. The number of hydrogen-bond donors (Lipinski definition) is 0. The maximum atomic E-state index is 12.3. The second-order valence-corrected chi connectivity index (χ2v) is 10.7. The zero-order chi connectivity index (χ0) is 31.1. The second-order valence-electron chi connectivity index (χ2n) is 8.54. The molecule has 226 valence electrons. The Morgan fingerprint density at radius 2 is 1.34 bits per heavy atom. The number of halogens is 2. The number of fused-ring (bicyclic) bond motifs is 5. The zero-order valence-corrected chi connectivity index (χ0v) is 24.4. The quantitative estimate of drug-likeness (QED) is 0.328. The number of rotatable bonds is 7. The van der Waals surface area contributed by atoms with E-state index in [9.17, 15) is 40.6 Å². The number of hydrogen-bond acceptors (Lipinski definition) is 10. The molecule has 0 N–H and O–H groups in total. The molecule has 1 saturated heterocycles. The first-order chi connectivity index (χ1) is 19.4. The van der Waals surface area contributed by atoms with E-state index in [2.05, 4.69) is 4.28 Å². The summed E-state index contributed by atoms with van der Waals surface area (Å²) in [5, 5.41) is 0.667. The van der Waals surface area contributed by atoms with Crippen LogP contribution >= 0.6 is 0 Å². The molecular weight excluding hydrogens is 590 g/mol. The lowest BCUT2D eigenvalue weighted by molar-refractivity contribution is -0.166. The van der Waals surface area contributed by atoms with Gasteiger partial charge in [0.2, 0.25) is 6.01 Å². The van der Waals surface area contributed by atoms with E-state index in [0.29, 0.717) is 18.0 Å². The molecule has 2 aliphatic carbocycles. The molecule has 12 nitrogen and oxygen atoms in total. The number of allylic oxidation sites excluding steroid dienone is 2. The lowest BCUT2D eigenvalue weighted by Crippen LogP contribution is -2.34. The molecule has 4 amide bonds. The topological polar surface area (TPSA) is 154 Å². The Kier molecular flexibility index (Phi) is 12.0. The predicted octanol–water partition coefficient (Wildman–Crippen LogP) is 2.87. The van der Waals surface area contributed by atoms with E-state index in [1.54, 1.807) is 30.3 Å². The van der Waals surface area contributed by atoms with Gasteiger partial charge in [-0.25, -0.2) is 4.39 Å². The van der Waals surface area contributed by atoms with Gasteiger partial charge in [0.25, 0.3) is 23.6 Å². The van der Waals surface area contributed by atoms with Crippen molar-refractivity contribution < 1.29 is 53.3 Å². The maximum Gasteiger partial charge on any atom is 0.383 e. The van der Waals surface area contributed by atoms with Crippen LogP contribution in [0.2, 0.25) is 0 Å². The van der Waals surface area contributed by atoms with Gasteiger partial charge >= 0.3 is 21.5 Å². The lowest BCUT2D eigenvalue weighted by Gasteiger charge is -2.14. The van der Waals surface area contributed by atoms with Crippen LogP contribution in [0.15, 0.2) is 53.6 Å². The number of carbonyl (C=O) groups excluding carboxylic acids is 4. The van der Waals surface area contributed by atoms with Crippen LogP contribution in [0.25, 0.3) is 0 Å². The molecule has 5 atom stereocenters. The molecule has 1 aromatic carbocycles. The molecule has 0 spiro atoms. The summed E-state index contributed by atoms with van der Waals surface area (Å²) in [6.07, 6.45) is 4.81. The number of para-hydroxylation sites is 1. The van der Waals surface area contributed by atoms with Gasteiger partial charge in [0.1, 0.15) is 5.75 Å². The van der Waals surface area contributed by atoms with Gasteiger partial charge in [0.15, 0.2) is 0 Å². The second kappa shape index (κ2) is 14.5. The lowest BCUT2D eigenvalue weighted by atomic mass is 9.85. The highest BCUT2D eigenvalue weighted by Gasteiger charge is 2.60. The van der Waals surface area contributed by atoms with Gasteiger partial charge in [-0.05, 0) is 44.2 Å². The van der Waals surface area contributed by atoms with Gasteiger partial charge in [-0.15, -0.1) is 18.7 Å². The Labute approximate surface area is 238 Å². The van der Waals surface area contributed by atoms with Crippen LogP contribution in [0.4, 0.5) is 8.78 Å². The SMILES string of the molecule is CC.CC1=C(C)C(=O)N(OS(=O)(=O)CF)C1=O.CF.O=C1C2C3C=CC(C3)C2C(=O)N1OS(=O)Oc1ccccc1. The van der Waals surface area contributed by atoms with E-state index < -0.39 is 51.1 Å². The fourth-order valence-electron chi connectivity index (χ4n) is 4.50. The summed E-state index contributed by atoms with van der Waals surface area (Å²) in [4.78, 5) is 47.2. The monoisotopic (exact) mass is 620 g/mol. The van der Waals surface area contributed by atoms with Gasteiger partial charge in [-0.1, -0.05) is 44.2 Å². The molecule has 5 rings (SSSR count). The van der Waals surface area contributed by atoms with Crippen molar-refractivity contribution in [2.75, 3.05) is 13.2 Å². The minimum atomic E-state index is -4.52. The van der Waals surface area contributed by atoms with E-state index >= 15 is 0 Å². The van der Waals surface area contributed by atoms with Crippen LogP contribution < -0.4 is 4.18 Å². The van der Waals surface area contributed by atoms with Crippen molar-refractivity contribution in [3.8, 4) is 5.75 Å². The minimum Gasteiger partial charge on any atom is -0.379 e. The van der Waals surface area contributed by atoms with Crippen LogP contribution in [0.5, 0.6) is 5.75 Å². The molecule has 5 unspecified atom stereocenters. The summed E-state index contributed by atoms with van der Waals surface area (Å²) in [6.45, 7) is 6.70. The van der Waals surface area contributed by atoms with Crippen LogP contribution in [0.1, 0.15) is 34.1 Å². The Hall–Kier alpha value is -3.34. The van der Waals surface area contributed by atoms with E-state index in [1.807, 2.05) is 26.0 Å². The standard InChI is InChI=1S/C15H13NO5S.C7H8FNO5S.C2H6.CH3F/c17-14-12-9-6-7-10(8-9)13(12)15(18)16(14)21-22(19)20-11-4-2-1-3-5-11;1-4-5(2)7(11)9(6(4)10)14-15(12,13)3-8;2*1-2/h1-7,9-10,12-13H,8H2;3H2,1-2H3;1-2H3;1H3. The Morgan fingerprint density at radius 3 is 1.78 bits per heavy atom. The average Bonchev–Trinajstić information content (AvgIpc) is 3.71. The highest BCUT2D eigenvalue weighted by molar-refractivity contribution is 7.86. The largest absolute Gasteiger partial charge is 0.383 e. The van der Waals surface area contributed by atoms with Crippen LogP contribution in [-0.2, 0) is 49.2 Å². The number of carbonyl (C=O) groups is 4. The number of amides is 4. The zero-order valence-electron chi connectivity index (χ0n) is 22.8. The Bertz CT molecular complexity index is 1300. The average molecular weight is 621 g/mol. The third kappa shape index (κ3) is 7.30. The van der Waals surface area contributed by atoms with E-state index in [4.69, 9.17) is 8.47 Å². The van der Waals surface area contributed by atoms with Crippen LogP contribution in [0, 0.1) is 23.7 Å². The predicted molar refractivity (Wildman–Crippen MR) is 140 cm³/mol. The highest BCUT2D eigenvalue weighted by Crippen LogP contribution is 2.52. The fourth-order valence-corrected chi connectivity index (χ4v) is 5.47. The van der Waals surface area contributed by atoms with E-state index in [-0.39, 0.29) is 39.9 Å². The molecule has 1 saturated carbocycles. The van der Waals surface area contributed by atoms with Crippen molar-refractivity contribution in [1.82, 2.24) is 10.1 Å². The first-order valence-electron chi connectivity index (χ1n) is 12.3. The molecule has 2 fully saturated rings. The van der Waals surface area contributed by atoms with Crippen molar-refractivity contribution in [2.45, 2.75) is 34.1 Å². The first kappa shape index (κ1) is 33.9. The Balaban J connectivity index is 0.000000272. The Morgan fingerprint density at radius 1 is 0.878 bits per heavy atom.